The number of anilines is 1. The highest BCUT2D eigenvalue weighted by Gasteiger charge is 2.11. The normalized spacial score (nSPS) is 11.4. The summed E-state index contributed by atoms with van der Waals surface area (Å²) in [6.07, 6.45) is 1.08. The van der Waals surface area contributed by atoms with E-state index < -0.39 is 27.0 Å². The van der Waals surface area contributed by atoms with Gasteiger partial charge in [-0.05, 0) is 18.2 Å². The zero-order chi connectivity index (χ0) is 14.9. The Morgan fingerprint density at radius 1 is 1.35 bits per heavy atom. The van der Waals surface area contributed by atoms with E-state index in [4.69, 9.17) is 9.52 Å². The summed E-state index contributed by atoms with van der Waals surface area (Å²) in [5.41, 5.74) is 0.0461. The van der Waals surface area contributed by atoms with Gasteiger partial charge in [0.05, 0.1) is 5.39 Å². The number of fused-ring (bicyclic) bond motifs is 1. The number of aromatic carboxylic acids is 1. The lowest BCUT2D eigenvalue weighted by molar-refractivity contribution is 0.0663. The molecule has 8 heteroatoms. The second kappa shape index (κ2) is 4.97. The number of rotatable bonds is 4. The van der Waals surface area contributed by atoms with Gasteiger partial charge < -0.3 is 14.8 Å². The van der Waals surface area contributed by atoms with E-state index in [0.29, 0.717) is 5.69 Å². The fraction of sp³-hybridized carbons (Fsp3) is 0.167. The molecule has 7 nitrogen and oxygen atoms in total. The molecule has 0 fully saturated rings. The highest BCUT2D eigenvalue weighted by molar-refractivity contribution is 7.90. The Bertz CT molecular complexity index is 837. The molecule has 0 saturated heterocycles. The number of carbonyl (C=O) groups is 1. The molecule has 0 aliphatic rings. The van der Waals surface area contributed by atoms with Crippen LogP contribution in [0, 0.1) is 0 Å². The smallest absolute Gasteiger partial charge is 0.371 e. The largest absolute Gasteiger partial charge is 0.475 e. The van der Waals surface area contributed by atoms with Crippen molar-refractivity contribution in [3.05, 3.63) is 40.2 Å². The Labute approximate surface area is 113 Å². The fourth-order valence-corrected chi connectivity index (χ4v) is 2.01. The van der Waals surface area contributed by atoms with Crippen LogP contribution in [0.4, 0.5) is 5.69 Å². The molecule has 20 heavy (non-hydrogen) atoms. The molecule has 0 aliphatic carbocycles. The highest BCUT2D eigenvalue weighted by Crippen LogP contribution is 2.17. The van der Waals surface area contributed by atoms with Crippen molar-refractivity contribution in [2.24, 2.45) is 0 Å². The first-order valence-electron chi connectivity index (χ1n) is 5.49. The molecule has 0 atom stereocenters. The average Bonchev–Trinajstić information content (AvgIpc) is 2.35. The summed E-state index contributed by atoms with van der Waals surface area (Å²) in [4.78, 5) is 22.6. The highest BCUT2D eigenvalue weighted by atomic mass is 32.2. The number of nitrogens with one attached hydrogen (secondary N) is 1. The fourth-order valence-electron chi connectivity index (χ4n) is 1.59. The van der Waals surface area contributed by atoms with Crippen LogP contribution in [-0.4, -0.2) is 31.6 Å². The summed E-state index contributed by atoms with van der Waals surface area (Å²) in [5.74, 6) is -2.04. The zero-order valence-corrected chi connectivity index (χ0v) is 11.2. The van der Waals surface area contributed by atoms with Crippen molar-refractivity contribution >= 4 is 32.5 Å². The summed E-state index contributed by atoms with van der Waals surface area (Å²) in [6.45, 7) is 0. The Morgan fingerprint density at radius 2 is 2.05 bits per heavy atom. The van der Waals surface area contributed by atoms with Crippen molar-refractivity contribution < 1.29 is 22.7 Å². The lowest BCUT2D eigenvalue weighted by Crippen LogP contribution is -2.13. The van der Waals surface area contributed by atoms with Crippen LogP contribution in [0.3, 0.4) is 0 Å². The van der Waals surface area contributed by atoms with Gasteiger partial charge in [0.2, 0.25) is 5.76 Å². The Balaban J connectivity index is 2.45. The lowest BCUT2D eigenvalue weighted by Gasteiger charge is -2.06. The van der Waals surface area contributed by atoms with Gasteiger partial charge in [0.25, 0.3) is 0 Å². The van der Waals surface area contributed by atoms with Crippen LogP contribution in [0.15, 0.2) is 33.5 Å². The van der Waals surface area contributed by atoms with Gasteiger partial charge in [-0.15, -0.1) is 0 Å². The van der Waals surface area contributed by atoms with Gasteiger partial charge in [0.15, 0.2) is 15.3 Å². The maximum atomic E-state index is 11.8. The Kier molecular flexibility index (Phi) is 3.49. The van der Waals surface area contributed by atoms with Crippen molar-refractivity contribution in [3.63, 3.8) is 0 Å². The van der Waals surface area contributed by atoms with Gasteiger partial charge in [0.1, 0.15) is 11.5 Å². The molecule has 0 spiro atoms. The predicted octanol–water partition coefficient (Wildman–Crippen LogP) is 0.905. The van der Waals surface area contributed by atoms with Crippen molar-refractivity contribution in [2.45, 2.75) is 0 Å². The Morgan fingerprint density at radius 3 is 2.65 bits per heavy atom. The third-order valence-corrected chi connectivity index (χ3v) is 3.15. The van der Waals surface area contributed by atoms with E-state index in [1.165, 1.54) is 18.2 Å². The van der Waals surface area contributed by atoms with Crippen LogP contribution >= 0.6 is 0 Å². The first-order valence-corrected chi connectivity index (χ1v) is 7.55. The summed E-state index contributed by atoms with van der Waals surface area (Å²) in [6, 6.07) is 5.21. The van der Waals surface area contributed by atoms with Gasteiger partial charge in [-0.25, -0.2) is 13.2 Å². The van der Waals surface area contributed by atoms with Crippen LogP contribution in [0.2, 0.25) is 0 Å². The predicted molar refractivity (Wildman–Crippen MR) is 72.8 cm³/mol. The van der Waals surface area contributed by atoms with Crippen LogP contribution < -0.4 is 10.7 Å². The topological polar surface area (TPSA) is 114 Å². The van der Waals surface area contributed by atoms with Crippen molar-refractivity contribution in [3.8, 4) is 0 Å². The van der Waals surface area contributed by atoms with E-state index in [2.05, 4.69) is 5.32 Å². The van der Waals surface area contributed by atoms with Crippen molar-refractivity contribution in [2.75, 3.05) is 17.4 Å². The minimum absolute atomic E-state index is 0.125. The molecule has 2 aromatic rings. The van der Waals surface area contributed by atoms with Gasteiger partial charge in [-0.2, -0.15) is 0 Å². The van der Waals surface area contributed by atoms with E-state index in [1.54, 1.807) is 0 Å². The third kappa shape index (κ3) is 3.15. The van der Waals surface area contributed by atoms with Crippen molar-refractivity contribution in [1.82, 2.24) is 0 Å². The second-order valence-corrected chi connectivity index (χ2v) is 6.38. The summed E-state index contributed by atoms with van der Waals surface area (Å²) >= 11 is 0. The minimum Gasteiger partial charge on any atom is -0.475 e. The molecule has 2 rings (SSSR count). The first-order chi connectivity index (χ1) is 9.26. The summed E-state index contributed by atoms with van der Waals surface area (Å²) in [5, 5.41) is 11.6. The number of benzene rings is 1. The number of sulfone groups is 1. The standard InChI is InChI=1S/C12H11NO6S/c1-20(17,18)6-13-7-2-3-10-8(4-7)9(14)5-11(19-10)12(15)16/h2-5,13H,6H2,1H3,(H,15,16). The first kappa shape index (κ1) is 14.1. The molecule has 0 unspecified atom stereocenters. The molecular weight excluding hydrogens is 286 g/mol. The van der Waals surface area contributed by atoms with Gasteiger partial charge in [0, 0.05) is 18.0 Å². The molecular formula is C12H11NO6S. The monoisotopic (exact) mass is 297 g/mol. The molecule has 0 saturated carbocycles. The number of hydrogen-bond donors (Lipinski definition) is 2. The molecule has 2 N–H and O–H groups in total. The van der Waals surface area contributed by atoms with Crippen LogP contribution in [0.5, 0.6) is 0 Å². The van der Waals surface area contributed by atoms with Crippen molar-refractivity contribution in [1.29, 1.82) is 0 Å². The summed E-state index contributed by atoms with van der Waals surface area (Å²) < 4.78 is 27.2. The van der Waals surface area contributed by atoms with E-state index >= 15 is 0 Å². The number of carboxylic acids is 1. The molecule has 106 valence electrons. The minimum atomic E-state index is -3.19. The molecule has 0 aliphatic heterocycles. The molecule has 0 bridgehead atoms. The molecule has 1 aromatic carbocycles. The molecule has 0 radical (unpaired) electrons. The lowest BCUT2D eigenvalue weighted by atomic mass is 10.2. The van der Waals surface area contributed by atoms with Gasteiger partial charge in [-0.1, -0.05) is 0 Å². The summed E-state index contributed by atoms with van der Waals surface area (Å²) in [7, 11) is -3.19. The van der Waals surface area contributed by atoms with Crippen LogP contribution in [0.1, 0.15) is 10.6 Å². The van der Waals surface area contributed by atoms with Gasteiger partial charge in [-0.3, -0.25) is 4.79 Å². The molecule has 1 heterocycles. The van der Waals surface area contributed by atoms with E-state index in [1.807, 2.05) is 0 Å². The SMILES string of the molecule is CS(=O)(=O)CNc1ccc2oc(C(=O)O)cc(=O)c2c1. The van der Waals surface area contributed by atoms with E-state index in [9.17, 15) is 18.0 Å². The maximum absolute atomic E-state index is 11.8. The average molecular weight is 297 g/mol. The molecule has 1 aromatic heterocycles. The molecule has 0 amide bonds. The zero-order valence-electron chi connectivity index (χ0n) is 10.4. The van der Waals surface area contributed by atoms with Crippen LogP contribution in [0.25, 0.3) is 11.0 Å². The third-order valence-electron chi connectivity index (χ3n) is 2.48. The quantitative estimate of drug-likeness (QED) is 0.861. The van der Waals surface area contributed by atoms with Gasteiger partial charge >= 0.3 is 5.97 Å². The van der Waals surface area contributed by atoms with E-state index in [0.717, 1.165) is 12.3 Å². The Hall–Kier alpha value is -2.35. The van der Waals surface area contributed by atoms with Crippen LogP contribution in [-0.2, 0) is 9.84 Å². The number of carboxylic acid groups (broad SMARTS) is 1. The second-order valence-electron chi connectivity index (χ2n) is 4.24. The maximum Gasteiger partial charge on any atom is 0.371 e. The van der Waals surface area contributed by atoms with E-state index in [-0.39, 0.29) is 16.8 Å². The number of hydrogen-bond acceptors (Lipinski definition) is 6.